The third kappa shape index (κ3) is 5.10. The molecule has 11 heavy (non-hydrogen) atoms. The van der Waals surface area contributed by atoms with Crippen LogP contribution in [0.5, 0.6) is 0 Å². The van der Waals surface area contributed by atoms with E-state index in [0.717, 1.165) is 0 Å². The van der Waals surface area contributed by atoms with Crippen molar-refractivity contribution >= 4 is 10.3 Å². The van der Waals surface area contributed by atoms with Crippen LogP contribution in [0.3, 0.4) is 0 Å². The SMILES string of the molecule is CC(O)C(CO)NS(=O)(=O)O. The second kappa shape index (κ2) is 3.98. The summed E-state index contributed by atoms with van der Waals surface area (Å²) in [6.45, 7) is 0.719. The molecule has 0 bridgehead atoms. The normalized spacial score (nSPS) is 17.8. The Hall–Kier alpha value is -0.210. The van der Waals surface area contributed by atoms with Crippen molar-refractivity contribution in [2.45, 2.75) is 19.1 Å². The Bertz CT molecular complexity index is 199. The smallest absolute Gasteiger partial charge is 0.333 e. The zero-order valence-corrected chi connectivity index (χ0v) is 6.74. The number of hydrogen-bond acceptors (Lipinski definition) is 4. The van der Waals surface area contributed by atoms with Crippen LogP contribution in [0.1, 0.15) is 6.92 Å². The Morgan fingerprint density at radius 3 is 2.09 bits per heavy atom. The highest BCUT2D eigenvalue weighted by atomic mass is 32.2. The van der Waals surface area contributed by atoms with E-state index < -0.39 is 29.1 Å². The van der Waals surface area contributed by atoms with Crippen LogP contribution in [-0.4, -0.2) is 41.9 Å². The first-order valence-corrected chi connectivity index (χ1v) is 4.34. The van der Waals surface area contributed by atoms with Gasteiger partial charge in [-0.1, -0.05) is 0 Å². The first-order valence-electron chi connectivity index (χ1n) is 2.90. The summed E-state index contributed by atoms with van der Waals surface area (Å²) in [6, 6.07) is -1.06. The van der Waals surface area contributed by atoms with Gasteiger partial charge in [-0.25, -0.2) is 0 Å². The zero-order chi connectivity index (χ0) is 9.07. The molecule has 0 amide bonds. The molecule has 0 heterocycles. The fourth-order valence-corrected chi connectivity index (χ4v) is 1.13. The van der Waals surface area contributed by atoms with Crippen LogP contribution >= 0.6 is 0 Å². The Morgan fingerprint density at radius 1 is 1.55 bits per heavy atom. The lowest BCUT2D eigenvalue weighted by atomic mass is 10.2. The van der Waals surface area contributed by atoms with Crippen molar-refractivity contribution in [3.8, 4) is 0 Å². The summed E-state index contributed by atoms with van der Waals surface area (Å²) in [5.74, 6) is 0. The Labute approximate surface area is 64.7 Å². The Kier molecular flexibility index (Phi) is 3.90. The van der Waals surface area contributed by atoms with Crippen LogP contribution in [0, 0.1) is 0 Å². The van der Waals surface area contributed by atoms with Gasteiger partial charge >= 0.3 is 10.3 Å². The molecule has 68 valence electrons. The van der Waals surface area contributed by atoms with E-state index in [4.69, 9.17) is 14.8 Å². The molecule has 0 aromatic heterocycles. The minimum atomic E-state index is -4.35. The van der Waals surface area contributed by atoms with Crippen molar-refractivity contribution in [1.82, 2.24) is 4.72 Å². The molecule has 0 saturated heterocycles. The van der Waals surface area contributed by atoms with E-state index in [9.17, 15) is 8.42 Å². The quantitative estimate of drug-likeness (QED) is 0.383. The largest absolute Gasteiger partial charge is 0.395 e. The maximum Gasteiger partial charge on any atom is 0.333 e. The maximum absolute atomic E-state index is 10.1. The molecule has 0 fully saturated rings. The molecule has 0 aliphatic carbocycles. The van der Waals surface area contributed by atoms with Crippen molar-refractivity contribution in [2.24, 2.45) is 0 Å². The van der Waals surface area contributed by atoms with Gasteiger partial charge in [0.1, 0.15) is 0 Å². The van der Waals surface area contributed by atoms with Gasteiger partial charge in [-0.3, -0.25) is 4.55 Å². The van der Waals surface area contributed by atoms with Gasteiger partial charge in [0.15, 0.2) is 0 Å². The minimum absolute atomic E-state index is 0.572. The lowest BCUT2D eigenvalue weighted by Crippen LogP contribution is -2.44. The van der Waals surface area contributed by atoms with E-state index in [-0.39, 0.29) is 0 Å². The van der Waals surface area contributed by atoms with Gasteiger partial charge in [0.05, 0.1) is 18.8 Å². The second-order valence-electron chi connectivity index (χ2n) is 2.12. The highest BCUT2D eigenvalue weighted by molar-refractivity contribution is 7.83. The highest BCUT2D eigenvalue weighted by Crippen LogP contribution is 1.92. The molecule has 7 heteroatoms. The number of aliphatic hydroxyl groups excluding tert-OH is 2. The van der Waals surface area contributed by atoms with Gasteiger partial charge < -0.3 is 10.2 Å². The van der Waals surface area contributed by atoms with E-state index in [1.165, 1.54) is 6.92 Å². The van der Waals surface area contributed by atoms with Crippen molar-refractivity contribution in [3.63, 3.8) is 0 Å². The Morgan fingerprint density at radius 2 is 2.00 bits per heavy atom. The molecule has 0 aliphatic rings. The summed E-state index contributed by atoms with van der Waals surface area (Å²) in [5, 5.41) is 17.2. The molecular weight excluding hydrogens is 174 g/mol. The molecule has 0 aromatic rings. The average Bonchev–Trinajstić information content (AvgIpc) is 1.80. The summed E-state index contributed by atoms with van der Waals surface area (Å²) in [4.78, 5) is 0. The molecular formula is C4H11NO5S. The summed E-state index contributed by atoms with van der Waals surface area (Å²) >= 11 is 0. The van der Waals surface area contributed by atoms with Gasteiger partial charge in [0, 0.05) is 0 Å². The average molecular weight is 185 g/mol. The number of rotatable bonds is 4. The lowest BCUT2D eigenvalue weighted by molar-refractivity contribution is 0.114. The number of nitrogens with one attached hydrogen (secondary N) is 1. The van der Waals surface area contributed by atoms with Crippen LogP contribution < -0.4 is 4.72 Å². The molecule has 2 atom stereocenters. The van der Waals surface area contributed by atoms with Crippen LogP contribution in [0.2, 0.25) is 0 Å². The molecule has 0 spiro atoms. The molecule has 0 aliphatic heterocycles. The monoisotopic (exact) mass is 185 g/mol. The van der Waals surface area contributed by atoms with Crippen molar-refractivity contribution in [3.05, 3.63) is 0 Å². The Balaban J connectivity index is 4.10. The molecule has 0 aromatic carbocycles. The van der Waals surface area contributed by atoms with E-state index in [2.05, 4.69) is 0 Å². The van der Waals surface area contributed by atoms with Gasteiger partial charge in [0.25, 0.3) is 0 Å². The molecule has 0 saturated carbocycles. The predicted octanol–water partition coefficient (Wildman–Crippen LogP) is -1.88. The van der Waals surface area contributed by atoms with E-state index in [1.54, 1.807) is 4.72 Å². The predicted molar refractivity (Wildman–Crippen MR) is 37.2 cm³/mol. The number of hydrogen-bond donors (Lipinski definition) is 4. The van der Waals surface area contributed by atoms with Crippen LogP contribution in [0.15, 0.2) is 0 Å². The molecule has 2 unspecified atom stereocenters. The van der Waals surface area contributed by atoms with Crippen LogP contribution in [0.4, 0.5) is 0 Å². The summed E-state index contributed by atoms with van der Waals surface area (Å²) in [7, 11) is -4.35. The van der Waals surface area contributed by atoms with E-state index in [0.29, 0.717) is 0 Å². The van der Waals surface area contributed by atoms with Crippen LogP contribution in [-0.2, 0) is 10.3 Å². The molecule has 6 nitrogen and oxygen atoms in total. The second-order valence-corrected chi connectivity index (χ2v) is 3.31. The zero-order valence-electron chi connectivity index (χ0n) is 5.93. The highest BCUT2D eigenvalue weighted by Gasteiger charge is 2.18. The fraction of sp³-hybridized carbons (Fsp3) is 1.00. The van der Waals surface area contributed by atoms with Crippen molar-refractivity contribution in [1.29, 1.82) is 0 Å². The van der Waals surface area contributed by atoms with Gasteiger partial charge in [-0.15, -0.1) is 0 Å². The summed E-state index contributed by atoms with van der Waals surface area (Å²) in [6.07, 6.45) is -1.05. The molecule has 0 rings (SSSR count). The fourth-order valence-electron chi connectivity index (χ4n) is 0.480. The molecule has 4 N–H and O–H groups in total. The van der Waals surface area contributed by atoms with Crippen molar-refractivity contribution in [2.75, 3.05) is 6.61 Å². The maximum atomic E-state index is 10.1. The summed E-state index contributed by atoms with van der Waals surface area (Å²) in [5.41, 5.74) is 0. The van der Waals surface area contributed by atoms with Gasteiger partial charge in [0.2, 0.25) is 0 Å². The van der Waals surface area contributed by atoms with Crippen LogP contribution in [0.25, 0.3) is 0 Å². The van der Waals surface area contributed by atoms with Crippen molar-refractivity contribution < 1.29 is 23.2 Å². The molecule has 0 radical (unpaired) electrons. The standard InChI is InChI=1S/C4H11NO5S/c1-3(7)4(2-6)5-11(8,9)10/h3-7H,2H2,1H3,(H,8,9,10). The topological polar surface area (TPSA) is 107 Å². The first-order chi connectivity index (χ1) is 4.87. The van der Waals surface area contributed by atoms with E-state index in [1.807, 2.05) is 0 Å². The minimum Gasteiger partial charge on any atom is -0.395 e. The third-order valence-corrected chi connectivity index (χ3v) is 1.68. The number of aliphatic hydroxyl groups is 2. The summed E-state index contributed by atoms with van der Waals surface area (Å²) < 4.78 is 30.1. The van der Waals surface area contributed by atoms with Gasteiger partial charge in [-0.05, 0) is 6.92 Å². The lowest BCUT2D eigenvalue weighted by Gasteiger charge is -2.15. The van der Waals surface area contributed by atoms with E-state index >= 15 is 0 Å². The van der Waals surface area contributed by atoms with Gasteiger partial charge in [-0.2, -0.15) is 13.1 Å². The third-order valence-electron chi connectivity index (χ3n) is 1.08. The first kappa shape index (κ1) is 10.8.